The first kappa shape index (κ1) is 14.6. The molecule has 1 aliphatic heterocycles. The zero-order valence-corrected chi connectivity index (χ0v) is 13.3. The molecule has 4 nitrogen and oxygen atoms in total. The number of hydrogen-bond acceptors (Lipinski definition) is 4. The first-order valence-corrected chi connectivity index (χ1v) is 7.39. The van der Waals surface area contributed by atoms with Crippen molar-refractivity contribution in [3.8, 4) is 17.2 Å². The highest BCUT2D eigenvalue weighted by molar-refractivity contribution is 5.61. The third-order valence-electron chi connectivity index (χ3n) is 4.13. The van der Waals surface area contributed by atoms with Gasteiger partial charge in [0.1, 0.15) is 0 Å². The summed E-state index contributed by atoms with van der Waals surface area (Å²) in [6.45, 7) is 1.82. The molecule has 1 heterocycles. The molecule has 0 aromatic heterocycles. The normalized spacial score (nSPS) is 13.0. The van der Waals surface area contributed by atoms with E-state index >= 15 is 0 Å². The van der Waals surface area contributed by atoms with Crippen molar-refractivity contribution in [2.45, 2.75) is 13.0 Å². The SMILES string of the molecule is COc1ccc(CN2CCc3ccccc32)c(OC)c1OC. The molecule has 0 atom stereocenters. The second-order valence-electron chi connectivity index (χ2n) is 5.29. The van der Waals surface area contributed by atoms with Crippen LogP contribution < -0.4 is 19.1 Å². The molecule has 2 aromatic rings. The number of ether oxygens (including phenoxy) is 3. The molecule has 0 aliphatic carbocycles. The predicted molar refractivity (Wildman–Crippen MR) is 87.3 cm³/mol. The molecule has 2 aromatic carbocycles. The zero-order chi connectivity index (χ0) is 15.5. The van der Waals surface area contributed by atoms with Crippen LogP contribution in [0.4, 0.5) is 5.69 Å². The van der Waals surface area contributed by atoms with E-state index in [4.69, 9.17) is 14.2 Å². The smallest absolute Gasteiger partial charge is 0.203 e. The molecule has 0 unspecified atom stereocenters. The Bertz CT molecular complexity index is 669. The summed E-state index contributed by atoms with van der Waals surface area (Å²) in [5, 5.41) is 0. The molecule has 0 amide bonds. The predicted octanol–water partition coefficient (Wildman–Crippen LogP) is 3.28. The first-order valence-electron chi connectivity index (χ1n) is 7.39. The summed E-state index contributed by atoms with van der Waals surface area (Å²) in [7, 11) is 4.93. The van der Waals surface area contributed by atoms with Crippen LogP contribution in [-0.2, 0) is 13.0 Å². The van der Waals surface area contributed by atoms with Gasteiger partial charge in [-0.3, -0.25) is 0 Å². The summed E-state index contributed by atoms with van der Waals surface area (Å²) >= 11 is 0. The summed E-state index contributed by atoms with van der Waals surface area (Å²) in [5.41, 5.74) is 3.80. The fourth-order valence-corrected chi connectivity index (χ4v) is 3.06. The van der Waals surface area contributed by atoms with E-state index in [9.17, 15) is 0 Å². The van der Waals surface area contributed by atoms with Crippen LogP contribution in [0.25, 0.3) is 0 Å². The van der Waals surface area contributed by atoms with Crippen LogP contribution in [-0.4, -0.2) is 27.9 Å². The largest absolute Gasteiger partial charge is 0.493 e. The summed E-state index contributed by atoms with van der Waals surface area (Å²) in [5.74, 6) is 2.08. The molecular weight excluding hydrogens is 278 g/mol. The lowest BCUT2D eigenvalue weighted by Gasteiger charge is -2.22. The quantitative estimate of drug-likeness (QED) is 0.848. The van der Waals surface area contributed by atoms with E-state index < -0.39 is 0 Å². The van der Waals surface area contributed by atoms with Crippen molar-refractivity contribution in [3.63, 3.8) is 0 Å². The molecule has 116 valence electrons. The fraction of sp³-hybridized carbons (Fsp3) is 0.333. The Balaban J connectivity index is 1.93. The highest BCUT2D eigenvalue weighted by Crippen LogP contribution is 2.41. The minimum absolute atomic E-state index is 0.648. The number of benzene rings is 2. The van der Waals surface area contributed by atoms with Crippen molar-refractivity contribution in [1.82, 2.24) is 0 Å². The van der Waals surface area contributed by atoms with Crippen LogP contribution in [0.15, 0.2) is 36.4 Å². The van der Waals surface area contributed by atoms with E-state index in [2.05, 4.69) is 29.2 Å². The van der Waals surface area contributed by atoms with Gasteiger partial charge in [-0.25, -0.2) is 0 Å². The average molecular weight is 299 g/mol. The monoisotopic (exact) mass is 299 g/mol. The molecule has 0 N–H and O–H groups in total. The Morgan fingerprint density at radius 2 is 1.68 bits per heavy atom. The van der Waals surface area contributed by atoms with Crippen molar-refractivity contribution in [2.24, 2.45) is 0 Å². The van der Waals surface area contributed by atoms with Crippen LogP contribution in [0.5, 0.6) is 17.2 Å². The number of rotatable bonds is 5. The molecule has 0 fully saturated rings. The van der Waals surface area contributed by atoms with Crippen LogP contribution in [0.3, 0.4) is 0 Å². The molecule has 0 saturated carbocycles. The Hall–Kier alpha value is -2.36. The highest BCUT2D eigenvalue weighted by Gasteiger charge is 2.22. The highest BCUT2D eigenvalue weighted by atomic mass is 16.5. The van der Waals surface area contributed by atoms with E-state index in [0.717, 1.165) is 30.8 Å². The van der Waals surface area contributed by atoms with E-state index in [1.165, 1.54) is 11.3 Å². The molecule has 22 heavy (non-hydrogen) atoms. The van der Waals surface area contributed by atoms with Crippen molar-refractivity contribution in [1.29, 1.82) is 0 Å². The van der Waals surface area contributed by atoms with Gasteiger partial charge in [-0.15, -0.1) is 0 Å². The van der Waals surface area contributed by atoms with E-state index in [1.807, 2.05) is 12.1 Å². The Labute approximate surface area is 131 Å². The Morgan fingerprint density at radius 1 is 0.909 bits per heavy atom. The average Bonchev–Trinajstić information content (AvgIpc) is 2.97. The molecule has 0 bridgehead atoms. The summed E-state index contributed by atoms with van der Waals surface area (Å²) < 4.78 is 16.4. The van der Waals surface area contributed by atoms with Gasteiger partial charge in [0.25, 0.3) is 0 Å². The summed E-state index contributed by atoms with van der Waals surface area (Å²) in [6.07, 6.45) is 1.09. The topological polar surface area (TPSA) is 30.9 Å². The minimum atomic E-state index is 0.648. The molecular formula is C18H21NO3. The third-order valence-corrected chi connectivity index (χ3v) is 4.13. The van der Waals surface area contributed by atoms with E-state index in [0.29, 0.717) is 11.5 Å². The molecule has 1 aliphatic rings. The number of methoxy groups -OCH3 is 3. The van der Waals surface area contributed by atoms with Crippen molar-refractivity contribution < 1.29 is 14.2 Å². The molecule has 0 radical (unpaired) electrons. The lowest BCUT2D eigenvalue weighted by molar-refractivity contribution is 0.322. The van der Waals surface area contributed by atoms with Gasteiger partial charge in [0.05, 0.1) is 21.3 Å². The van der Waals surface area contributed by atoms with Crippen molar-refractivity contribution in [3.05, 3.63) is 47.5 Å². The summed E-state index contributed by atoms with van der Waals surface area (Å²) in [6, 6.07) is 12.5. The van der Waals surface area contributed by atoms with Crippen LogP contribution in [0.2, 0.25) is 0 Å². The van der Waals surface area contributed by atoms with Gasteiger partial charge >= 0.3 is 0 Å². The van der Waals surface area contributed by atoms with Gasteiger partial charge < -0.3 is 19.1 Å². The van der Waals surface area contributed by atoms with Gasteiger partial charge in [-0.2, -0.15) is 0 Å². The number of anilines is 1. The van der Waals surface area contributed by atoms with Gasteiger partial charge in [-0.05, 0) is 30.2 Å². The summed E-state index contributed by atoms with van der Waals surface area (Å²) in [4.78, 5) is 2.37. The maximum atomic E-state index is 5.58. The second kappa shape index (κ2) is 6.18. The fourth-order valence-electron chi connectivity index (χ4n) is 3.06. The standard InChI is InChI=1S/C18H21NO3/c1-20-16-9-8-14(17(21-2)18(16)22-3)12-19-11-10-13-6-4-5-7-15(13)19/h4-9H,10-12H2,1-3H3. The maximum absolute atomic E-state index is 5.58. The minimum Gasteiger partial charge on any atom is -0.493 e. The number of para-hydroxylation sites is 1. The van der Waals surface area contributed by atoms with E-state index in [1.54, 1.807) is 21.3 Å². The lowest BCUT2D eigenvalue weighted by atomic mass is 10.1. The Morgan fingerprint density at radius 3 is 2.41 bits per heavy atom. The van der Waals surface area contributed by atoms with Gasteiger partial charge in [0.2, 0.25) is 5.75 Å². The van der Waals surface area contributed by atoms with Crippen LogP contribution >= 0.6 is 0 Å². The number of nitrogens with zero attached hydrogens (tertiary/aromatic N) is 1. The second-order valence-corrected chi connectivity index (χ2v) is 5.29. The molecule has 0 saturated heterocycles. The van der Waals surface area contributed by atoms with Crippen LogP contribution in [0, 0.1) is 0 Å². The number of hydrogen-bond donors (Lipinski definition) is 0. The van der Waals surface area contributed by atoms with Gasteiger partial charge in [-0.1, -0.05) is 18.2 Å². The molecule has 4 heteroatoms. The molecule has 3 rings (SSSR count). The lowest BCUT2D eigenvalue weighted by Crippen LogP contribution is -2.20. The van der Waals surface area contributed by atoms with Crippen LogP contribution in [0.1, 0.15) is 11.1 Å². The number of fused-ring (bicyclic) bond motifs is 1. The Kier molecular flexibility index (Phi) is 4.09. The van der Waals surface area contributed by atoms with Gasteiger partial charge in [0.15, 0.2) is 11.5 Å². The zero-order valence-electron chi connectivity index (χ0n) is 13.3. The van der Waals surface area contributed by atoms with Crippen molar-refractivity contribution in [2.75, 3.05) is 32.8 Å². The third kappa shape index (κ3) is 2.45. The van der Waals surface area contributed by atoms with Gasteiger partial charge in [0, 0.05) is 24.3 Å². The van der Waals surface area contributed by atoms with Crippen molar-refractivity contribution >= 4 is 5.69 Å². The molecule has 0 spiro atoms. The first-order chi connectivity index (χ1) is 10.8. The van der Waals surface area contributed by atoms with E-state index in [-0.39, 0.29) is 0 Å². The maximum Gasteiger partial charge on any atom is 0.203 e.